The number of aromatic nitrogens is 2. The summed E-state index contributed by atoms with van der Waals surface area (Å²) in [4.78, 5) is 14.8. The maximum Gasteiger partial charge on any atom is 0.273 e. The molecule has 1 unspecified atom stereocenters. The Kier molecular flexibility index (Phi) is 4.47. The van der Waals surface area contributed by atoms with E-state index in [1.807, 2.05) is 53.4 Å². The first-order valence-electron chi connectivity index (χ1n) is 8.50. The third kappa shape index (κ3) is 2.79. The van der Waals surface area contributed by atoms with Gasteiger partial charge in [0.25, 0.3) is 5.91 Å². The van der Waals surface area contributed by atoms with Crippen molar-refractivity contribution >= 4 is 29.1 Å². The number of benzene rings is 2. The van der Waals surface area contributed by atoms with E-state index in [-0.39, 0.29) is 11.9 Å². The van der Waals surface area contributed by atoms with Crippen molar-refractivity contribution in [2.45, 2.75) is 19.4 Å². The smallest absolute Gasteiger partial charge is 0.273 e. The zero-order valence-corrected chi connectivity index (χ0v) is 15.7. The van der Waals surface area contributed by atoms with Gasteiger partial charge in [0, 0.05) is 27.7 Å². The standard InChI is InChI=1S/C20H17Cl2N3O/c1-2-11-25-19(13-5-9-15(22)10-6-13)16-17(23-24-18(16)20(25)26)12-3-7-14(21)8-4-12/h3-10,19H,2,11H2,1H3,(H,23,24). The Labute approximate surface area is 161 Å². The van der Waals surface area contributed by atoms with Crippen LogP contribution in [-0.4, -0.2) is 27.5 Å². The number of aromatic amines is 1. The van der Waals surface area contributed by atoms with Crippen LogP contribution in [0.4, 0.5) is 0 Å². The summed E-state index contributed by atoms with van der Waals surface area (Å²) in [5.41, 5.74) is 4.20. The molecule has 2 aromatic carbocycles. The molecule has 0 saturated carbocycles. The third-order valence-electron chi connectivity index (χ3n) is 4.63. The fraction of sp³-hybridized carbons (Fsp3) is 0.200. The van der Waals surface area contributed by atoms with E-state index in [9.17, 15) is 4.79 Å². The Bertz CT molecular complexity index is 948. The van der Waals surface area contributed by atoms with Gasteiger partial charge in [0.05, 0.1) is 11.7 Å². The zero-order valence-electron chi connectivity index (χ0n) is 14.2. The number of nitrogens with one attached hydrogen (secondary N) is 1. The molecular formula is C20H17Cl2N3O. The monoisotopic (exact) mass is 385 g/mol. The van der Waals surface area contributed by atoms with Crippen LogP contribution in [0.15, 0.2) is 48.5 Å². The Morgan fingerprint density at radius 3 is 2.27 bits per heavy atom. The topological polar surface area (TPSA) is 49.0 Å². The Morgan fingerprint density at radius 1 is 1.04 bits per heavy atom. The number of nitrogens with zero attached hydrogens (tertiary/aromatic N) is 2. The molecule has 0 fully saturated rings. The van der Waals surface area contributed by atoms with Crippen molar-refractivity contribution in [3.8, 4) is 11.3 Å². The summed E-state index contributed by atoms with van der Waals surface area (Å²) in [6.45, 7) is 2.74. The summed E-state index contributed by atoms with van der Waals surface area (Å²) in [7, 11) is 0. The van der Waals surface area contributed by atoms with Gasteiger partial charge in [-0.05, 0) is 36.2 Å². The molecule has 0 spiro atoms. The number of hydrogen-bond donors (Lipinski definition) is 1. The summed E-state index contributed by atoms with van der Waals surface area (Å²) in [6, 6.07) is 15.0. The molecule has 26 heavy (non-hydrogen) atoms. The van der Waals surface area contributed by atoms with Crippen LogP contribution >= 0.6 is 23.2 Å². The predicted molar refractivity (Wildman–Crippen MR) is 104 cm³/mol. The number of carbonyl (C=O) groups is 1. The van der Waals surface area contributed by atoms with Crippen LogP contribution < -0.4 is 0 Å². The van der Waals surface area contributed by atoms with E-state index in [4.69, 9.17) is 23.2 Å². The van der Waals surface area contributed by atoms with Gasteiger partial charge in [-0.15, -0.1) is 0 Å². The molecule has 0 bridgehead atoms. The van der Waals surface area contributed by atoms with E-state index in [1.165, 1.54) is 0 Å². The van der Waals surface area contributed by atoms with Crippen LogP contribution in [0.25, 0.3) is 11.3 Å². The molecule has 4 nitrogen and oxygen atoms in total. The normalized spacial score (nSPS) is 16.2. The lowest BCUT2D eigenvalue weighted by atomic mass is 9.96. The van der Waals surface area contributed by atoms with Crippen molar-refractivity contribution in [2.75, 3.05) is 6.54 Å². The highest BCUT2D eigenvalue weighted by Crippen LogP contribution is 2.43. The fourth-order valence-corrected chi connectivity index (χ4v) is 3.74. The minimum absolute atomic E-state index is 0.0190. The molecule has 2 heterocycles. The first kappa shape index (κ1) is 17.1. The molecule has 1 aliphatic rings. The van der Waals surface area contributed by atoms with Gasteiger partial charge in [-0.25, -0.2) is 0 Å². The second kappa shape index (κ2) is 6.78. The maximum atomic E-state index is 12.9. The van der Waals surface area contributed by atoms with Crippen LogP contribution in [0.1, 0.15) is 41.0 Å². The summed E-state index contributed by atoms with van der Waals surface area (Å²) in [5, 5.41) is 8.72. The molecule has 3 aromatic rings. The minimum Gasteiger partial charge on any atom is -0.326 e. The lowest BCUT2D eigenvalue weighted by Crippen LogP contribution is -2.30. The molecule has 4 rings (SSSR count). The van der Waals surface area contributed by atoms with Gasteiger partial charge >= 0.3 is 0 Å². The van der Waals surface area contributed by atoms with E-state index >= 15 is 0 Å². The maximum absolute atomic E-state index is 12.9. The Balaban J connectivity index is 1.87. The molecule has 0 aliphatic carbocycles. The SMILES string of the molecule is CCCN1C(=O)c2[nH]nc(-c3ccc(Cl)cc3)c2C1c1ccc(Cl)cc1. The lowest BCUT2D eigenvalue weighted by Gasteiger charge is -2.26. The highest BCUT2D eigenvalue weighted by molar-refractivity contribution is 6.30. The van der Waals surface area contributed by atoms with Crippen molar-refractivity contribution in [1.82, 2.24) is 15.1 Å². The van der Waals surface area contributed by atoms with Crippen LogP contribution in [0.3, 0.4) is 0 Å². The molecular weight excluding hydrogens is 369 g/mol. The molecule has 1 N–H and O–H groups in total. The van der Waals surface area contributed by atoms with Crippen molar-refractivity contribution in [1.29, 1.82) is 0 Å². The highest BCUT2D eigenvalue weighted by atomic mass is 35.5. The van der Waals surface area contributed by atoms with Gasteiger partial charge in [-0.2, -0.15) is 5.10 Å². The first-order chi connectivity index (χ1) is 12.6. The summed E-state index contributed by atoms with van der Waals surface area (Å²) in [6.07, 6.45) is 0.879. The van der Waals surface area contributed by atoms with Gasteiger partial charge in [0.1, 0.15) is 5.69 Å². The highest BCUT2D eigenvalue weighted by Gasteiger charge is 2.41. The number of halogens is 2. The van der Waals surface area contributed by atoms with Crippen molar-refractivity contribution < 1.29 is 4.79 Å². The number of hydrogen-bond acceptors (Lipinski definition) is 2. The van der Waals surface area contributed by atoms with E-state index in [1.54, 1.807) is 0 Å². The van der Waals surface area contributed by atoms with Gasteiger partial charge in [-0.3, -0.25) is 9.89 Å². The number of carbonyl (C=O) groups excluding carboxylic acids is 1. The van der Waals surface area contributed by atoms with E-state index in [0.717, 1.165) is 28.8 Å². The summed E-state index contributed by atoms with van der Waals surface area (Å²) < 4.78 is 0. The fourth-order valence-electron chi connectivity index (χ4n) is 3.49. The van der Waals surface area contributed by atoms with Crippen LogP contribution in [-0.2, 0) is 0 Å². The molecule has 1 atom stereocenters. The van der Waals surface area contributed by atoms with Crippen molar-refractivity contribution in [3.05, 3.63) is 75.4 Å². The number of H-pyrrole nitrogens is 1. The minimum atomic E-state index is -0.181. The van der Waals surface area contributed by atoms with Crippen LogP contribution in [0, 0.1) is 0 Å². The molecule has 0 saturated heterocycles. The average Bonchev–Trinajstić information content (AvgIpc) is 3.17. The van der Waals surface area contributed by atoms with Crippen molar-refractivity contribution in [3.63, 3.8) is 0 Å². The molecule has 6 heteroatoms. The largest absolute Gasteiger partial charge is 0.326 e. The van der Waals surface area contributed by atoms with Crippen LogP contribution in [0.2, 0.25) is 10.0 Å². The van der Waals surface area contributed by atoms with E-state index < -0.39 is 0 Å². The van der Waals surface area contributed by atoms with E-state index in [2.05, 4.69) is 17.1 Å². The van der Waals surface area contributed by atoms with Gasteiger partial charge < -0.3 is 4.90 Å². The number of rotatable bonds is 4. The van der Waals surface area contributed by atoms with Gasteiger partial charge in [0.15, 0.2) is 0 Å². The third-order valence-corrected chi connectivity index (χ3v) is 5.14. The lowest BCUT2D eigenvalue weighted by molar-refractivity contribution is 0.0744. The molecule has 132 valence electrons. The van der Waals surface area contributed by atoms with Crippen molar-refractivity contribution in [2.24, 2.45) is 0 Å². The number of fused-ring (bicyclic) bond motifs is 1. The molecule has 1 aliphatic heterocycles. The van der Waals surface area contributed by atoms with Gasteiger partial charge in [0.2, 0.25) is 0 Å². The quantitative estimate of drug-likeness (QED) is 0.658. The molecule has 0 radical (unpaired) electrons. The average molecular weight is 386 g/mol. The number of amides is 1. The molecule has 1 aromatic heterocycles. The zero-order chi connectivity index (χ0) is 18.3. The van der Waals surface area contributed by atoms with Gasteiger partial charge in [-0.1, -0.05) is 54.4 Å². The van der Waals surface area contributed by atoms with Crippen LogP contribution in [0.5, 0.6) is 0 Å². The summed E-state index contributed by atoms with van der Waals surface area (Å²) in [5.74, 6) is -0.0190. The predicted octanol–water partition coefficient (Wildman–Crippen LogP) is 5.34. The second-order valence-corrected chi connectivity index (χ2v) is 7.19. The first-order valence-corrected chi connectivity index (χ1v) is 9.26. The van der Waals surface area contributed by atoms with E-state index in [0.29, 0.717) is 22.3 Å². The Hall–Kier alpha value is -2.30. The summed E-state index contributed by atoms with van der Waals surface area (Å²) >= 11 is 12.1. The Morgan fingerprint density at radius 2 is 1.65 bits per heavy atom. The molecule has 1 amide bonds. The second-order valence-electron chi connectivity index (χ2n) is 6.32.